The van der Waals surface area contributed by atoms with Gasteiger partial charge in [0, 0.05) is 43.0 Å². The van der Waals surface area contributed by atoms with E-state index in [1.807, 2.05) is 37.3 Å². The van der Waals surface area contributed by atoms with E-state index in [9.17, 15) is 4.79 Å². The van der Waals surface area contributed by atoms with Crippen molar-refractivity contribution in [1.29, 1.82) is 0 Å². The Kier molecular flexibility index (Phi) is 7.38. The van der Waals surface area contributed by atoms with E-state index >= 15 is 0 Å². The van der Waals surface area contributed by atoms with Crippen molar-refractivity contribution in [3.63, 3.8) is 0 Å². The average molecular weight is 445 g/mol. The van der Waals surface area contributed by atoms with Gasteiger partial charge in [0.25, 0.3) is 5.56 Å². The van der Waals surface area contributed by atoms with Crippen molar-refractivity contribution in [2.45, 2.75) is 32.2 Å². The van der Waals surface area contributed by atoms with E-state index in [0.29, 0.717) is 23.9 Å². The molecule has 1 aromatic carbocycles. The van der Waals surface area contributed by atoms with Crippen molar-refractivity contribution >= 4 is 0 Å². The Bertz CT molecular complexity index is 1170. The Morgan fingerprint density at radius 2 is 2.15 bits per heavy atom. The Morgan fingerprint density at radius 3 is 2.94 bits per heavy atom. The molecule has 3 heterocycles. The number of pyridine rings is 1. The van der Waals surface area contributed by atoms with Crippen LogP contribution in [0.5, 0.6) is 11.5 Å². The smallest absolute Gasteiger partial charge is 0.251 e. The molecule has 1 saturated heterocycles. The number of ether oxygens (including phenoxy) is 2. The average Bonchev–Trinajstić information content (AvgIpc) is 2.84. The third kappa shape index (κ3) is 5.79. The van der Waals surface area contributed by atoms with Crippen molar-refractivity contribution in [3.05, 3.63) is 70.4 Å². The molecule has 4 rings (SSSR count). The topological polar surface area (TPSA) is 80.3 Å². The normalized spacial score (nSPS) is 16.2. The first-order chi connectivity index (χ1) is 16.2. The first-order valence-electron chi connectivity index (χ1n) is 11.2. The molecule has 170 valence electrons. The summed E-state index contributed by atoms with van der Waals surface area (Å²) in [5.74, 6) is 4.60. The molecule has 7 heteroatoms. The molecule has 0 bridgehead atoms. The van der Waals surface area contributed by atoms with Gasteiger partial charge in [-0.15, -0.1) is 6.42 Å². The number of nitrogens with one attached hydrogen (secondary N) is 1. The molecule has 1 atom stereocenters. The molecule has 1 aliphatic rings. The van der Waals surface area contributed by atoms with E-state index in [-0.39, 0.29) is 18.1 Å². The highest BCUT2D eigenvalue weighted by molar-refractivity contribution is 5.52. The molecule has 3 aromatic rings. The quantitative estimate of drug-likeness (QED) is 0.535. The van der Waals surface area contributed by atoms with Gasteiger partial charge in [-0.25, -0.2) is 4.98 Å². The summed E-state index contributed by atoms with van der Waals surface area (Å²) < 4.78 is 11.4. The van der Waals surface area contributed by atoms with E-state index in [2.05, 4.69) is 20.8 Å². The zero-order chi connectivity index (χ0) is 23.0. The van der Waals surface area contributed by atoms with Crippen LogP contribution in [0.25, 0.3) is 11.4 Å². The van der Waals surface area contributed by atoms with Crippen molar-refractivity contribution in [3.8, 4) is 35.2 Å². The van der Waals surface area contributed by atoms with Gasteiger partial charge in [0.1, 0.15) is 12.4 Å². The van der Waals surface area contributed by atoms with Gasteiger partial charge in [-0.3, -0.25) is 14.7 Å². The number of piperidine rings is 1. The van der Waals surface area contributed by atoms with Crippen LogP contribution in [-0.4, -0.2) is 46.2 Å². The highest BCUT2D eigenvalue weighted by atomic mass is 16.5. The largest absolute Gasteiger partial charge is 0.490 e. The maximum Gasteiger partial charge on any atom is 0.251 e. The maximum atomic E-state index is 12.3. The predicted octanol–water partition coefficient (Wildman–Crippen LogP) is 3.62. The van der Waals surface area contributed by atoms with Gasteiger partial charge in [-0.05, 0) is 56.1 Å². The summed E-state index contributed by atoms with van der Waals surface area (Å²) in [6.07, 6.45) is 10.8. The van der Waals surface area contributed by atoms with Gasteiger partial charge in [0.05, 0.1) is 12.3 Å². The predicted molar refractivity (Wildman–Crippen MR) is 127 cm³/mol. The lowest BCUT2D eigenvalue weighted by atomic mass is 9.94. The fraction of sp³-hybridized carbons (Fsp3) is 0.346. The van der Waals surface area contributed by atoms with Crippen molar-refractivity contribution in [2.75, 3.05) is 26.3 Å². The molecular weight excluding hydrogens is 416 g/mol. The number of H-pyrrole nitrogens is 1. The third-order valence-corrected chi connectivity index (χ3v) is 5.65. The number of benzene rings is 1. The van der Waals surface area contributed by atoms with E-state index < -0.39 is 0 Å². The lowest BCUT2D eigenvalue weighted by Crippen LogP contribution is -2.34. The first-order valence-corrected chi connectivity index (χ1v) is 11.2. The molecule has 2 aromatic heterocycles. The molecule has 0 spiro atoms. The summed E-state index contributed by atoms with van der Waals surface area (Å²) >= 11 is 0. The second-order valence-corrected chi connectivity index (χ2v) is 8.04. The Balaban J connectivity index is 1.49. The minimum atomic E-state index is -0.139. The maximum absolute atomic E-state index is 12.3. The Morgan fingerprint density at radius 1 is 1.24 bits per heavy atom. The minimum absolute atomic E-state index is 0.139. The number of hydrogen-bond donors (Lipinski definition) is 1. The van der Waals surface area contributed by atoms with Crippen LogP contribution in [0.3, 0.4) is 0 Å². The number of terminal acetylenes is 1. The third-order valence-electron chi connectivity index (χ3n) is 5.65. The monoisotopic (exact) mass is 444 g/mol. The zero-order valence-corrected chi connectivity index (χ0v) is 18.8. The van der Waals surface area contributed by atoms with Crippen LogP contribution in [0.15, 0.2) is 53.6 Å². The van der Waals surface area contributed by atoms with Gasteiger partial charge in [-0.2, -0.15) is 0 Å². The van der Waals surface area contributed by atoms with Gasteiger partial charge in [0.2, 0.25) is 0 Å². The van der Waals surface area contributed by atoms with Crippen LogP contribution in [0.1, 0.15) is 36.9 Å². The molecule has 0 saturated carbocycles. The number of nitrogens with zero attached hydrogens (tertiary/aromatic N) is 3. The number of likely N-dealkylation sites (tertiary alicyclic amines) is 1. The Hall–Kier alpha value is -3.63. The van der Waals surface area contributed by atoms with Crippen LogP contribution in [0, 0.1) is 12.3 Å². The molecule has 0 amide bonds. The lowest BCUT2D eigenvalue weighted by Gasteiger charge is -2.32. The second kappa shape index (κ2) is 10.8. The van der Waals surface area contributed by atoms with Gasteiger partial charge >= 0.3 is 0 Å². The lowest BCUT2D eigenvalue weighted by molar-refractivity contribution is 0.198. The number of rotatable bonds is 8. The Labute approximate surface area is 193 Å². The van der Waals surface area contributed by atoms with E-state index in [4.69, 9.17) is 20.9 Å². The molecule has 0 radical (unpaired) electrons. The summed E-state index contributed by atoms with van der Waals surface area (Å²) in [4.78, 5) is 26.5. The van der Waals surface area contributed by atoms with Crippen molar-refractivity contribution in [2.24, 2.45) is 0 Å². The first kappa shape index (κ1) is 22.6. The zero-order valence-electron chi connectivity index (χ0n) is 18.8. The minimum Gasteiger partial charge on any atom is -0.490 e. The summed E-state index contributed by atoms with van der Waals surface area (Å²) in [6, 6.07) is 11.3. The standard InChI is InChI=1S/C26H28N4O3/c1-3-13-33-23-10-9-19(14-24(23)32-4-2)17-30-12-6-8-21(18-30)22-15-25(31)29-26(28-22)20-7-5-11-27-16-20/h1,5,7,9-11,14-16,21H,4,6,8,12-13,17-18H2,2H3,(H,28,29,31)/t21-/m0/s1. The van der Waals surface area contributed by atoms with Crippen molar-refractivity contribution < 1.29 is 9.47 Å². The molecule has 7 nitrogen and oxygen atoms in total. The highest BCUT2D eigenvalue weighted by Gasteiger charge is 2.24. The molecule has 33 heavy (non-hydrogen) atoms. The molecule has 1 aliphatic heterocycles. The second-order valence-electron chi connectivity index (χ2n) is 8.04. The molecular formula is C26H28N4O3. The van der Waals surface area contributed by atoms with Gasteiger partial charge in [0.15, 0.2) is 11.5 Å². The number of aromatic amines is 1. The summed E-state index contributed by atoms with van der Waals surface area (Å²) in [7, 11) is 0. The summed E-state index contributed by atoms with van der Waals surface area (Å²) in [6.45, 7) is 5.31. The number of aromatic nitrogens is 3. The van der Waals surface area contributed by atoms with E-state index in [1.54, 1.807) is 18.5 Å². The van der Waals surface area contributed by atoms with Crippen LogP contribution >= 0.6 is 0 Å². The van der Waals surface area contributed by atoms with E-state index in [0.717, 1.165) is 49.3 Å². The molecule has 0 aliphatic carbocycles. The molecule has 1 fully saturated rings. The molecule has 0 unspecified atom stereocenters. The van der Waals surface area contributed by atoms with Crippen LogP contribution in [0.2, 0.25) is 0 Å². The van der Waals surface area contributed by atoms with Crippen LogP contribution < -0.4 is 15.0 Å². The van der Waals surface area contributed by atoms with E-state index in [1.165, 1.54) is 0 Å². The van der Waals surface area contributed by atoms with Crippen LogP contribution in [-0.2, 0) is 6.54 Å². The fourth-order valence-corrected chi connectivity index (χ4v) is 4.18. The fourth-order valence-electron chi connectivity index (χ4n) is 4.18. The van der Waals surface area contributed by atoms with Gasteiger partial charge in [-0.1, -0.05) is 12.0 Å². The van der Waals surface area contributed by atoms with Gasteiger partial charge < -0.3 is 14.5 Å². The summed E-state index contributed by atoms with van der Waals surface area (Å²) in [5.41, 5.74) is 2.64. The SMILES string of the molecule is C#CCOc1ccc(CN2CCC[C@H](c3cc(=O)[nH]c(-c4cccnc4)n3)C2)cc1OCC. The highest BCUT2D eigenvalue weighted by Crippen LogP contribution is 2.31. The van der Waals surface area contributed by atoms with Crippen molar-refractivity contribution in [1.82, 2.24) is 19.9 Å². The summed E-state index contributed by atoms with van der Waals surface area (Å²) in [5, 5.41) is 0. The van der Waals surface area contributed by atoms with Crippen LogP contribution in [0.4, 0.5) is 0 Å². The molecule has 1 N–H and O–H groups in total. The number of hydrogen-bond acceptors (Lipinski definition) is 6.